The highest BCUT2D eigenvalue weighted by molar-refractivity contribution is 5.76. The second kappa shape index (κ2) is 7.20. The van der Waals surface area contributed by atoms with Crippen molar-refractivity contribution in [2.75, 3.05) is 20.1 Å². The molecule has 6 heteroatoms. The molecule has 3 N–H and O–H groups in total. The Labute approximate surface area is 109 Å². The number of nitrogens with one attached hydrogen (secondary N) is 2. The Bertz CT molecular complexity index is 290. The quantitative estimate of drug-likeness (QED) is 0.634. The minimum atomic E-state index is -0.931. The largest absolute Gasteiger partial charge is 0.481 e. The second-order valence-corrected chi connectivity index (χ2v) is 5.41. The molecule has 0 saturated heterocycles. The van der Waals surface area contributed by atoms with E-state index in [0.717, 1.165) is 6.54 Å². The Morgan fingerprint density at radius 3 is 2.33 bits per heavy atom. The first-order valence-electron chi connectivity index (χ1n) is 6.12. The number of hydrogen-bond acceptors (Lipinski definition) is 3. The van der Waals surface area contributed by atoms with Crippen LogP contribution in [0.25, 0.3) is 0 Å². The van der Waals surface area contributed by atoms with Gasteiger partial charge in [-0.2, -0.15) is 0 Å². The summed E-state index contributed by atoms with van der Waals surface area (Å²) in [7, 11) is 1.98. The summed E-state index contributed by atoms with van der Waals surface area (Å²) in [6, 6.07) is 0.0942. The normalized spacial score (nSPS) is 11.7. The van der Waals surface area contributed by atoms with E-state index in [4.69, 9.17) is 5.11 Å². The van der Waals surface area contributed by atoms with Gasteiger partial charge < -0.3 is 20.6 Å². The number of rotatable bonds is 7. The predicted molar refractivity (Wildman–Crippen MR) is 70.6 cm³/mol. The number of hydrogen-bond donors (Lipinski definition) is 3. The third kappa shape index (κ3) is 7.89. The first-order valence-corrected chi connectivity index (χ1v) is 6.12. The molecule has 0 heterocycles. The van der Waals surface area contributed by atoms with E-state index in [1.165, 1.54) is 0 Å². The SMILES string of the molecule is CC(C)N(C)CCNC(=O)NC(C)(C)CC(=O)O. The van der Waals surface area contributed by atoms with Crippen LogP contribution >= 0.6 is 0 Å². The molecule has 18 heavy (non-hydrogen) atoms. The molecular formula is C12H25N3O3. The number of carboxylic acids is 1. The minimum absolute atomic E-state index is 0.105. The highest BCUT2D eigenvalue weighted by Crippen LogP contribution is 2.07. The van der Waals surface area contributed by atoms with E-state index in [1.807, 2.05) is 7.05 Å². The van der Waals surface area contributed by atoms with Gasteiger partial charge in [0.1, 0.15) is 0 Å². The third-order valence-electron chi connectivity index (χ3n) is 2.68. The van der Waals surface area contributed by atoms with Gasteiger partial charge in [-0.15, -0.1) is 0 Å². The molecule has 0 fully saturated rings. The van der Waals surface area contributed by atoms with E-state index in [2.05, 4.69) is 29.4 Å². The number of carboxylic acid groups (broad SMARTS) is 1. The highest BCUT2D eigenvalue weighted by atomic mass is 16.4. The first-order chi connectivity index (χ1) is 8.14. The van der Waals surface area contributed by atoms with Crippen molar-refractivity contribution in [1.82, 2.24) is 15.5 Å². The fraction of sp³-hybridized carbons (Fsp3) is 0.833. The molecule has 0 rings (SSSR count). The van der Waals surface area contributed by atoms with Gasteiger partial charge in [0.05, 0.1) is 6.42 Å². The molecule has 0 saturated carbocycles. The Kier molecular flexibility index (Phi) is 6.68. The molecule has 0 aromatic rings. The molecule has 2 amide bonds. The lowest BCUT2D eigenvalue weighted by molar-refractivity contribution is -0.138. The monoisotopic (exact) mass is 259 g/mol. The number of likely N-dealkylation sites (N-methyl/N-ethyl adjacent to an activating group) is 1. The summed E-state index contributed by atoms with van der Waals surface area (Å²) in [6.07, 6.45) is -0.105. The van der Waals surface area contributed by atoms with Gasteiger partial charge >= 0.3 is 12.0 Å². The molecular weight excluding hydrogens is 234 g/mol. The van der Waals surface area contributed by atoms with Crippen LogP contribution in [0, 0.1) is 0 Å². The van der Waals surface area contributed by atoms with E-state index in [1.54, 1.807) is 13.8 Å². The molecule has 0 aromatic heterocycles. The maximum absolute atomic E-state index is 11.6. The highest BCUT2D eigenvalue weighted by Gasteiger charge is 2.23. The maximum Gasteiger partial charge on any atom is 0.315 e. The van der Waals surface area contributed by atoms with Crippen LogP contribution in [0.2, 0.25) is 0 Å². The molecule has 0 radical (unpaired) electrons. The molecule has 0 aromatic carbocycles. The van der Waals surface area contributed by atoms with Crippen molar-refractivity contribution in [3.05, 3.63) is 0 Å². The van der Waals surface area contributed by atoms with Gasteiger partial charge in [0.15, 0.2) is 0 Å². The molecule has 0 unspecified atom stereocenters. The van der Waals surface area contributed by atoms with Crippen LogP contribution in [-0.2, 0) is 4.79 Å². The van der Waals surface area contributed by atoms with Crippen molar-refractivity contribution in [2.45, 2.75) is 45.7 Å². The molecule has 0 spiro atoms. The van der Waals surface area contributed by atoms with Gasteiger partial charge in [-0.05, 0) is 34.7 Å². The van der Waals surface area contributed by atoms with Crippen molar-refractivity contribution in [3.8, 4) is 0 Å². The average Bonchev–Trinajstić information content (AvgIpc) is 2.13. The van der Waals surface area contributed by atoms with Crippen molar-refractivity contribution in [1.29, 1.82) is 0 Å². The predicted octanol–water partition coefficient (Wildman–Crippen LogP) is 0.879. The van der Waals surface area contributed by atoms with E-state index < -0.39 is 11.5 Å². The lowest BCUT2D eigenvalue weighted by Crippen LogP contribution is -2.50. The Hall–Kier alpha value is -1.30. The van der Waals surface area contributed by atoms with Gasteiger partial charge in [-0.25, -0.2) is 4.79 Å². The molecule has 0 aliphatic carbocycles. The standard InChI is InChI=1S/C12H25N3O3/c1-9(2)15(5)7-6-13-11(18)14-12(3,4)8-10(16)17/h9H,6-8H2,1-5H3,(H,16,17)(H2,13,14,18). The number of carbonyl (C=O) groups is 2. The molecule has 106 valence electrons. The van der Waals surface area contributed by atoms with Gasteiger partial charge in [-0.1, -0.05) is 0 Å². The molecule has 0 bridgehead atoms. The number of nitrogens with zero attached hydrogens (tertiary/aromatic N) is 1. The number of urea groups is 1. The lowest BCUT2D eigenvalue weighted by atomic mass is 10.0. The molecule has 0 aliphatic rings. The van der Waals surface area contributed by atoms with Crippen LogP contribution in [0.1, 0.15) is 34.1 Å². The van der Waals surface area contributed by atoms with Crippen molar-refractivity contribution in [2.24, 2.45) is 0 Å². The first kappa shape index (κ1) is 16.7. The summed E-state index contributed by atoms with van der Waals surface area (Å²) in [5, 5.41) is 14.0. The van der Waals surface area contributed by atoms with Crippen LogP contribution in [0.4, 0.5) is 4.79 Å². The smallest absolute Gasteiger partial charge is 0.315 e. The zero-order valence-corrected chi connectivity index (χ0v) is 11.9. The van der Waals surface area contributed by atoms with Crippen LogP contribution < -0.4 is 10.6 Å². The van der Waals surface area contributed by atoms with Crippen LogP contribution in [0.15, 0.2) is 0 Å². The average molecular weight is 259 g/mol. The number of aliphatic carboxylic acids is 1. The Morgan fingerprint density at radius 1 is 1.33 bits per heavy atom. The van der Waals surface area contributed by atoms with Gasteiger partial charge in [0, 0.05) is 24.7 Å². The lowest BCUT2D eigenvalue weighted by Gasteiger charge is -2.25. The Balaban J connectivity index is 3.94. The fourth-order valence-electron chi connectivity index (χ4n) is 1.38. The van der Waals surface area contributed by atoms with E-state index in [9.17, 15) is 9.59 Å². The summed E-state index contributed by atoms with van der Waals surface area (Å²) in [5.74, 6) is -0.931. The second-order valence-electron chi connectivity index (χ2n) is 5.41. The van der Waals surface area contributed by atoms with E-state index in [0.29, 0.717) is 12.6 Å². The molecule has 0 atom stereocenters. The Morgan fingerprint density at radius 2 is 1.89 bits per heavy atom. The van der Waals surface area contributed by atoms with Crippen molar-refractivity contribution in [3.63, 3.8) is 0 Å². The van der Waals surface area contributed by atoms with Crippen LogP contribution in [0.5, 0.6) is 0 Å². The maximum atomic E-state index is 11.6. The zero-order chi connectivity index (χ0) is 14.3. The topological polar surface area (TPSA) is 81.7 Å². The van der Waals surface area contributed by atoms with Crippen LogP contribution in [0.3, 0.4) is 0 Å². The van der Waals surface area contributed by atoms with E-state index >= 15 is 0 Å². The van der Waals surface area contributed by atoms with Crippen LogP contribution in [-0.4, -0.2) is 53.7 Å². The fourth-order valence-corrected chi connectivity index (χ4v) is 1.38. The van der Waals surface area contributed by atoms with E-state index in [-0.39, 0.29) is 12.5 Å². The molecule has 6 nitrogen and oxygen atoms in total. The summed E-state index contributed by atoms with van der Waals surface area (Å²) >= 11 is 0. The summed E-state index contributed by atoms with van der Waals surface area (Å²) < 4.78 is 0. The van der Waals surface area contributed by atoms with Gasteiger partial charge in [-0.3, -0.25) is 4.79 Å². The van der Waals surface area contributed by atoms with Crippen molar-refractivity contribution < 1.29 is 14.7 Å². The summed E-state index contributed by atoms with van der Waals surface area (Å²) in [6.45, 7) is 8.81. The zero-order valence-electron chi connectivity index (χ0n) is 11.9. The molecule has 0 aliphatic heterocycles. The van der Waals surface area contributed by atoms with Crippen molar-refractivity contribution >= 4 is 12.0 Å². The number of amides is 2. The van der Waals surface area contributed by atoms with Gasteiger partial charge in [0.2, 0.25) is 0 Å². The summed E-state index contributed by atoms with van der Waals surface area (Å²) in [4.78, 5) is 24.3. The number of carbonyl (C=O) groups excluding carboxylic acids is 1. The summed E-state index contributed by atoms with van der Waals surface area (Å²) in [5.41, 5.74) is -0.750. The van der Waals surface area contributed by atoms with Gasteiger partial charge in [0.25, 0.3) is 0 Å². The minimum Gasteiger partial charge on any atom is -0.481 e. The third-order valence-corrected chi connectivity index (χ3v) is 2.68.